The highest BCUT2D eigenvalue weighted by molar-refractivity contribution is 9.09. The monoisotopic (exact) mass is 164 g/mol. The van der Waals surface area contributed by atoms with Crippen LogP contribution in [0.15, 0.2) is 0 Å². The van der Waals surface area contributed by atoms with E-state index in [9.17, 15) is 0 Å². The third-order valence-electron chi connectivity index (χ3n) is 1.28. The van der Waals surface area contributed by atoms with Gasteiger partial charge in [0, 0.05) is 11.4 Å². The van der Waals surface area contributed by atoms with Gasteiger partial charge in [-0.3, -0.25) is 0 Å². The van der Waals surface area contributed by atoms with E-state index in [0.717, 1.165) is 6.61 Å². The summed E-state index contributed by atoms with van der Waals surface area (Å²) < 4.78 is 5.22. The third-order valence-corrected chi connectivity index (χ3v) is 2.49. The second-order valence-electron chi connectivity index (χ2n) is 1.88. The molecule has 0 aliphatic carbocycles. The van der Waals surface area contributed by atoms with Gasteiger partial charge in [-0.15, -0.1) is 0 Å². The van der Waals surface area contributed by atoms with Gasteiger partial charge in [0.15, 0.2) is 0 Å². The van der Waals surface area contributed by atoms with Crippen LogP contribution in [-0.2, 0) is 4.74 Å². The van der Waals surface area contributed by atoms with E-state index in [1.54, 1.807) is 0 Å². The van der Waals surface area contributed by atoms with Crippen molar-refractivity contribution in [3.8, 4) is 0 Å². The molecule has 0 aromatic carbocycles. The summed E-state index contributed by atoms with van der Waals surface area (Å²) in [6.07, 6.45) is 1.60. The lowest BCUT2D eigenvalue weighted by Crippen LogP contribution is -2.08. The summed E-state index contributed by atoms with van der Waals surface area (Å²) in [6, 6.07) is 0. The first-order valence-electron chi connectivity index (χ1n) is 2.56. The van der Waals surface area contributed by atoms with Crippen molar-refractivity contribution in [2.75, 3.05) is 6.61 Å². The lowest BCUT2D eigenvalue weighted by Gasteiger charge is -2.02. The second kappa shape index (κ2) is 2.14. The molecule has 0 bridgehead atoms. The highest BCUT2D eigenvalue weighted by atomic mass is 79.9. The first kappa shape index (κ1) is 5.57. The minimum absolute atomic E-state index is 0.431. The Labute approximate surface area is 52.2 Å². The fourth-order valence-corrected chi connectivity index (χ4v) is 1.05. The molecule has 42 valence electrons. The van der Waals surface area contributed by atoms with Gasteiger partial charge in [-0.2, -0.15) is 0 Å². The summed E-state index contributed by atoms with van der Waals surface area (Å²) in [4.78, 5) is 0.604. The molecule has 1 unspecified atom stereocenters. The first-order chi connectivity index (χ1) is 3.30. The molecule has 2 heteroatoms. The van der Waals surface area contributed by atoms with Crippen LogP contribution < -0.4 is 0 Å². The Kier molecular flexibility index (Phi) is 1.70. The zero-order valence-electron chi connectivity index (χ0n) is 4.36. The average molecular weight is 165 g/mol. The van der Waals surface area contributed by atoms with E-state index in [-0.39, 0.29) is 0 Å². The van der Waals surface area contributed by atoms with Crippen molar-refractivity contribution in [3.63, 3.8) is 0 Å². The van der Waals surface area contributed by atoms with Gasteiger partial charge in [-0.25, -0.2) is 0 Å². The highest BCUT2D eigenvalue weighted by Gasteiger charge is 2.20. The lowest BCUT2D eigenvalue weighted by atomic mass is 10.3. The SMILES string of the molecule is C[C@@H]1OCCC1Br. The quantitative estimate of drug-likeness (QED) is 0.495. The molecule has 0 saturated carbocycles. The number of halogens is 1. The van der Waals surface area contributed by atoms with E-state index in [2.05, 4.69) is 22.9 Å². The van der Waals surface area contributed by atoms with Crippen LogP contribution in [0.1, 0.15) is 13.3 Å². The molecular weight excluding hydrogens is 156 g/mol. The maximum Gasteiger partial charge on any atom is 0.0672 e. The van der Waals surface area contributed by atoms with Gasteiger partial charge < -0.3 is 4.74 Å². The molecule has 1 heterocycles. The van der Waals surface area contributed by atoms with E-state index in [1.165, 1.54) is 6.42 Å². The molecule has 7 heavy (non-hydrogen) atoms. The molecular formula is C5H9BrO. The van der Waals surface area contributed by atoms with E-state index >= 15 is 0 Å². The molecule has 0 N–H and O–H groups in total. The first-order valence-corrected chi connectivity index (χ1v) is 3.48. The summed E-state index contributed by atoms with van der Waals surface area (Å²) in [5.74, 6) is 0. The number of hydrogen-bond donors (Lipinski definition) is 0. The molecule has 1 aliphatic heterocycles. The fraction of sp³-hybridized carbons (Fsp3) is 1.00. The van der Waals surface area contributed by atoms with Crippen molar-refractivity contribution in [2.24, 2.45) is 0 Å². The van der Waals surface area contributed by atoms with Crippen molar-refractivity contribution in [3.05, 3.63) is 0 Å². The fourth-order valence-electron chi connectivity index (χ4n) is 0.706. The largest absolute Gasteiger partial charge is 0.377 e. The topological polar surface area (TPSA) is 9.23 Å². The lowest BCUT2D eigenvalue weighted by molar-refractivity contribution is 0.128. The zero-order chi connectivity index (χ0) is 5.28. The molecule has 0 aromatic rings. The number of rotatable bonds is 0. The van der Waals surface area contributed by atoms with E-state index in [4.69, 9.17) is 4.74 Å². The minimum atomic E-state index is 0.431. The van der Waals surface area contributed by atoms with Crippen LogP contribution in [0, 0.1) is 0 Å². The number of hydrogen-bond acceptors (Lipinski definition) is 1. The summed E-state index contributed by atoms with van der Waals surface area (Å²) in [6.45, 7) is 3.02. The van der Waals surface area contributed by atoms with Gasteiger partial charge in [-0.05, 0) is 13.3 Å². The van der Waals surface area contributed by atoms with Gasteiger partial charge in [0.2, 0.25) is 0 Å². The Bertz CT molecular complexity index is 57.1. The molecule has 1 nitrogen and oxygen atoms in total. The summed E-state index contributed by atoms with van der Waals surface area (Å²) in [5, 5.41) is 0. The van der Waals surface area contributed by atoms with Gasteiger partial charge in [0.25, 0.3) is 0 Å². The zero-order valence-corrected chi connectivity index (χ0v) is 5.94. The maximum absolute atomic E-state index is 5.22. The van der Waals surface area contributed by atoms with Crippen LogP contribution in [0.4, 0.5) is 0 Å². The van der Waals surface area contributed by atoms with Crippen molar-refractivity contribution in [2.45, 2.75) is 24.3 Å². The standard InChI is InChI=1S/C5H9BrO/c1-4-5(6)2-3-7-4/h4-5H,2-3H2,1H3/t4-,5?/m0/s1. The van der Waals surface area contributed by atoms with Crippen molar-refractivity contribution >= 4 is 15.9 Å². The second-order valence-corrected chi connectivity index (χ2v) is 3.06. The Morgan fingerprint density at radius 2 is 2.43 bits per heavy atom. The number of ether oxygens (including phenoxy) is 1. The van der Waals surface area contributed by atoms with Crippen molar-refractivity contribution in [1.29, 1.82) is 0 Å². The normalized spacial score (nSPS) is 42.0. The molecule has 0 amide bonds. The third kappa shape index (κ3) is 1.16. The predicted octanol–water partition coefficient (Wildman–Crippen LogP) is 1.56. The molecule has 0 aromatic heterocycles. The van der Waals surface area contributed by atoms with Gasteiger partial charge in [-0.1, -0.05) is 15.9 Å². The Balaban J connectivity index is 2.33. The van der Waals surface area contributed by atoms with E-state index in [1.807, 2.05) is 0 Å². The highest BCUT2D eigenvalue weighted by Crippen LogP contribution is 2.19. The summed E-state index contributed by atoms with van der Waals surface area (Å²) in [7, 11) is 0. The smallest absolute Gasteiger partial charge is 0.0672 e. The van der Waals surface area contributed by atoms with Gasteiger partial charge >= 0.3 is 0 Å². The van der Waals surface area contributed by atoms with Crippen LogP contribution in [0.5, 0.6) is 0 Å². The van der Waals surface area contributed by atoms with Crippen LogP contribution in [-0.4, -0.2) is 17.5 Å². The summed E-state index contributed by atoms with van der Waals surface area (Å²) in [5.41, 5.74) is 0. The van der Waals surface area contributed by atoms with Gasteiger partial charge in [0.1, 0.15) is 0 Å². The Morgan fingerprint density at radius 1 is 1.71 bits per heavy atom. The van der Waals surface area contributed by atoms with Gasteiger partial charge in [0.05, 0.1) is 6.10 Å². The molecule has 1 aliphatic rings. The van der Waals surface area contributed by atoms with Crippen molar-refractivity contribution < 1.29 is 4.74 Å². The molecule has 1 rings (SSSR count). The Morgan fingerprint density at radius 3 is 2.57 bits per heavy atom. The minimum Gasteiger partial charge on any atom is -0.377 e. The molecule has 2 atom stereocenters. The molecule has 1 saturated heterocycles. The van der Waals surface area contributed by atoms with Crippen LogP contribution in [0.2, 0.25) is 0 Å². The Hall–Kier alpha value is 0.440. The average Bonchev–Trinajstić information content (AvgIpc) is 1.91. The predicted molar refractivity (Wildman–Crippen MR) is 32.7 cm³/mol. The van der Waals surface area contributed by atoms with Crippen LogP contribution in [0.25, 0.3) is 0 Å². The maximum atomic E-state index is 5.22. The molecule has 0 radical (unpaired) electrons. The van der Waals surface area contributed by atoms with Crippen molar-refractivity contribution in [1.82, 2.24) is 0 Å². The van der Waals surface area contributed by atoms with Crippen LogP contribution >= 0.6 is 15.9 Å². The summed E-state index contributed by atoms with van der Waals surface area (Å²) >= 11 is 3.48. The molecule has 1 fully saturated rings. The van der Waals surface area contributed by atoms with E-state index in [0.29, 0.717) is 10.9 Å². The molecule has 0 spiro atoms. The number of alkyl halides is 1. The van der Waals surface area contributed by atoms with Crippen LogP contribution in [0.3, 0.4) is 0 Å². The van der Waals surface area contributed by atoms with E-state index < -0.39 is 0 Å².